The molecule has 5 rings (SSSR count). The molecule has 2 saturated heterocycles. The van der Waals surface area contributed by atoms with Crippen molar-refractivity contribution in [3.63, 3.8) is 0 Å². The second-order valence-electron chi connectivity index (χ2n) is 12.2. The highest BCUT2D eigenvalue weighted by Crippen LogP contribution is 2.34. The zero-order valence-corrected chi connectivity index (χ0v) is 23.4. The van der Waals surface area contributed by atoms with Crippen LogP contribution in [0, 0.1) is 0 Å². The topological polar surface area (TPSA) is 91.4 Å². The molecule has 1 amide bonds. The molecule has 4 heterocycles. The molecule has 1 aromatic carbocycles. The summed E-state index contributed by atoms with van der Waals surface area (Å²) in [6.07, 6.45) is 3.41. The number of carbonyl (C=O) groups excluding carboxylic acids is 1. The SMILES string of the molecule is CC(C)(C)OC(=O)N1C2CCC1CN(c1nc(S(=O)Cc3ccc(C(C)(C)C)cc3)c3cc[nH]c3n1)C2. The molecule has 0 aliphatic carbocycles. The van der Waals surface area contributed by atoms with Crippen LogP contribution in [0.4, 0.5) is 10.7 Å². The molecule has 0 saturated carbocycles. The summed E-state index contributed by atoms with van der Waals surface area (Å²) in [6, 6.07) is 10.3. The lowest BCUT2D eigenvalue weighted by atomic mass is 9.87. The molecule has 2 bridgehead atoms. The highest BCUT2D eigenvalue weighted by molar-refractivity contribution is 7.84. The third kappa shape index (κ3) is 5.37. The van der Waals surface area contributed by atoms with Gasteiger partial charge in [-0.15, -0.1) is 0 Å². The normalized spacial score (nSPS) is 20.9. The van der Waals surface area contributed by atoms with Gasteiger partial charge in [0.15, 0.2) is 0 Å². The number of aromatic amines is 1. The van der Waals surface area contributed by atoms with E-state index in [0.717, 1.165) is 23.8 Å². The Morgan fingerprint density at radius 1 is 1.03 bits per heavy atom. The third-order valence-electron chi connectivity index (χ3n) is 7.07. The highest BCUT2D eigenvalue weighted by atomic mass is 32.2. The summed E-state index contributed by atoms with van der Waals surface area (Å²) in [5.74, 6) is 0.945. The first-order chi connectivity index (χ1) is 17.4. The van der Waals surface area contributed by atoms with Crippen LogP contribution in [0.2, 0.25) is 0 Å². The predicted octanol–water partition coefficient (Wildman–Crippen LogP) is 5.15. The molecule has 2 aromatic heterocycles. The number of anilines is 1. The lowest BCUT2D eigenvalue weighted by Crippen LogP contribution is -2.57. The summed E-state index contributed by atoms with van der Waals surface area (Å²) in [6.45, 7) is 13.5. The summed E-state index contributed by atoms with van der Waals surface area (Å²) in [5.41, 5.74) is 2.49. The van der Waals surface area contributed by atoms with E-state index in [0.29, 0.717) is 35.5 Å². The van der Waals surface area contributed by atoms with E-state index >= 15 is 0 Å². The van der Waals surface area contributed by atoms with Gasteiger partial charge in [-0.2, -0.15) is 4.98 Å². The fourth-order valence-electron chi connectivity index (χ4n) is 5.22. The minimum Gasteiger partial charge on any atom is -0.444 e. The van der Waals surface area contributed by atoms with Crippen molar-refractivity contribution in [1.29, 1.82) is 0 Å². The van der Waals surface area contributed by atoms with Crippen LogP contribution in [0.15, 0.2) is 41.6 Å². The maximum absolute atomic E-state index is 13.6. The predicted molar refractivity (Wildman–Crippen MR) is 146 cm³/mol. The number of nitrogens with one attached hydrogen (secondary N) is 1. The van der Waals surface area contributed by atoms with Crippen molar-refractivity contribution in [3.05, 3.63) is 47.7 Å². The number of ether oxygens (including phenoxy) is 1. The smallest absolute Gasteiger partial charge is 0.410 e. The fraction of sp³-hybridized carbons (Fsp3) is 0.536. The van der Waals surface area contributed by atoms with Gasteiger partial charge in [-0.05, 0) is 56.2 Å². The largest absolute Gasteiger partial charge is 0.444 e. The van der Waals surface area contributed by atoms with Crippen molar-refractivity contribution in [2.24, 2.45) is 0 Å². The van der Waals surface area contributed by atoms with Gasteiger partial charge in [0.2, 0.25) is 5.95 Å². The van der Waals surface area contributed by atoms with Crippen LogP contribution >= 0.6 is 0 Å². The average Bonchev–Trinajstić information content (AvgIpc) is 3.38. The molecule has 2 aliphatic rings. The second kappa shape index (κ2) is 9.42. The number of benzene rings is 1. The van der Waals surface area contributed by atoms with Gasteiger partial charge in [0, 0.05) is 19.3 Å². The van der Waals surface area contributed by atoms with Gasteiger partial charge < -0.3 is 14.6 Å². The lowest BCUT2D eigenvalue weighted by molar-refractivity contribution is 0.0122. The Hall–Kier alpha value is -2.94. The Balaban J connectivity index is 1.37. The average molecular weight is 524 g/mol. The van der Waals surface area contributed by atoms with Crippen LogP contribution in [0.25, 0.3) is 11.0 Å². The van der Waals surface area contributed by atoms with Crippen molar-refractivity contribution in [1.82, 2.24) is 19.9 Å². The summed E-state index contributed by atoms with van der Waals surface area (Å²) in [4.78, 5) is 29.7. The molecule has 198 valence electrons. The summed E-state index contributed by atoms with van der Waals surface area (Å²) >= 11 is 0. The second-order valence-corrected chi connectivity index (χ2v) is 13.5. The van der Waals surface area contributed by atoms with Crippen LogP contribution in [0.3, 0.4) is 0 Å². The zero-order chi connectivity index (χ0) is 26.5. The molecule has 3 unspecified atom stereocenters. The molecule has 0 spiro atoms. The molecular weight excluding hydrogens is 486 g/mol. The number of piperazine rings is 1. The fourth-order valence-corrected chi connectivity index (χ4v) is 6.44. The van der Waals surface area contributed by atoms with E-state index in [1.807, 2.05) is 37.9 Å². The molecule has 2 aliphatic heterocycles. The summed E-state index contributed by atoms with van der Waals surface area (Å²) in [5, 5.41) is 1.33. The van der Waals surface area contributed by atoms with Gasteiger partial charge >= 0.3 is 6.09 Å². The summed E-state index contributed by atoms with van der Waals surface area (Å²) in [7, 11) is -1.34. The van der Waals surface area contributed by atoms with E-state index in [2.05, 4.69) is 54.9 Å². The van der Waals surface area contributed by atoms with Gasteiger partial charge in [0.25, 0.3) is 0 Å². The van der Waals surface area contributed by atoms with Crippen LogP contribution in [-0.2, 0) is 26.7 Å². The van der Waals surface area contributed by atoms with Crippen LogP contribution in [0.1, 0.15) is 65.5 Å². The number of carbonyl (C=O) groups is 1. The number of aromatic nitrogens is 3. The van der Waals surface area contributed by atoms with Crippen molar-refractivity contribution in [2.75, 3.05) is 18.0 Å². The first-order valence-corrected chi connectivity index (χ1v) is 14.3. The van der Waals surface area contributed by atoms with Gasteiger partial charge in [0.05, 0.1) is 34.0 Å². The maximum atomic E-state index is 13.6. The molecular formula is C28H37N5O3S. The number of H-pyrrole nitrogens is 1. The third-order valence-corrected chi connectivity index (χ3v) is 8.41. The van der Waals surface area contributed by atoms with E-state index in [1.54, 1.807) is 0 Å². The highest BCUT2D eigenvalue weighted by Gasteiger charge is 2.45. The Kier molecular flexibility index (Phi) is 6.54. The Labute approximate surface area is 221 Å². The van der Waals surface area contributed by atoms with E-state index in [9.17, 15) is 9.00 Å². The standard InChI is InChI=1S/C28H37N5O3S/c1-27(2,3)19-9-7-18(8-10-19)17-37(35)24-22-13-14-29-23(22)30-25(31-24)32-15-20-11-12-21(16-32)33(20)26(34)36-28(4,5)6/h7-10,13-14,20-21H,11-12,15-17H2,1-6H3,(H,29,30,31). The van der Waals surface area contributed by atoms with E-state index in [-0.39, 0.29) is 23.6 Å². The van der Waals surface area contributed by atoms with E-state index in [1.165, 1.54) is 5.56 Å². The quantitative estimate of drug-likeness (QED) is 0.476. The van der Waals surface area contributed by atoms with Gasteiger partial charge in [-0.25, -0.2) is 9.78 Å². The maximum Gasteiger partial charge on any atom is 0.410 e. The van der Waals surface area contributed by atoms with Crippen LogP contribution < -0.4 is 4.90 Å². The van der Waals surface area contributed by atoms with Crippen LogP contribution in [0.5, 0.6) is 0 Å². The van der Waals surface area contributed by atoms with Crippen LogP contribution in [-0.4, -0.2) is 60.9 Å². The molecule has 1 N–H and O–H groups in total. The number of fused-ring (bicyclic) bond motifs is 3. The van der Waals surface area contributed by atoms with Crippen molar-refractivity contribution >= 4 is 33.9 Å². The molecule has 3 atom stereocenters. The Bertz CT molecular complexity index is 1310. The van der Waals surface area contributed by atoms with Gasteiger partial charge in [0.1, 0.15) is 16.3 Å². The monoisotopic (exact) mass is 523 g/mol. The Morgan fingerprint density at radius 2 is 1.68 bits per heavy atom. The van der Waals surface area contributed by atoms with Crippen molar-refractivity contribution < 1.29 is 13.7 Å². The van der Waals surface area contributed by atoms with Gasteiger partial charge in [-0.3, -0.25) is 9.11 Å². The number of nitrogens with zero attached hydrogens (tertiary/aromatic N) is 4. The molecule has 0 radical (unpaired) electrons. The summed E-state index contributed by atoms with van der Waals surface area (Å²) < 4.78 is 19.2. The first kappa shape index (κ1) is 25.7. The minimum atomic E-state index is -1.34. The first-order valence-electron chi connectivity index (χ1n) is 13.0. The molecule has 9 heteroatoms. The molecule has 37 heavy (non-hydrogen) atoms. The zero-order valence-electron chi connectivity index (χ0n) is 22.6. The minimum absolute atomic E-state index is 0.0480. The van der Waals surface area contributed by atoms with E-state index < -0.39 is 16.4 Å². The molecule has 8 nitrogen and oxygen atoms in total. The van der Waals surface area contributed by atoms with E-state index in [4.69, 9.17) is 14.7 Å². The van der Waals surface area contributed by atoms with Crippen molar-refractivity contribution in [3.8, 4) is 0 Å². The molecule has 3 aromatic rings. The number of rotatable bonds is 4. The number of hydrogen-bond donors (Lipinski definition) is 1. The number of hydrogen-bond acceptors (Lipinski definition) is 6. The lowest BCUT2D eigenvalue weighted by Gasteiger charge is -2.41. The van der Waals surface area contributed by atoms with Gasteiger partial charge in [-0.1, -0.05) is 45.0 Å². The number of amides is 1. The molecule has 2 fully saturated rings. The van der Waals surface area contributed by atoms with Crippen molar-refractivity contribution in [2.45, 2.75) is 88.3 Å². The Morgan fingerprint density at radius 3 is 2.27 bits per heavy atom.